The first-order valence-electron chi connectivity index (χ1n) is 9.00. The van der Waals surface area contributed by atoms with Gasteiger partial charge in [0, 0.05) is 7.05 Å². The molecule has 1 aromatic heterocycles. The van der Waals surface area contributed by atoms with E-state index in [-0.39, 0.29) is 15.5 Å². The Balaban J connectivity index is 1.88. The summed E-state index contributed by atoms with van der Waals surface area (Å²) in [6.45, 7) is 0. The predicted octanol–water partition coefficient (Wildman–Crippen LogP) is 4.54. The number of ether oxygens (including phenoxy) is 1. The predicted molar refractivity (Wildman–Crippen MR) is 124 cm³/mol. The number of thioether (sulfide) groups is 1. The summed E-state index contributed by atoms with van der Waals surface area (Å²) in [6.07, 6.45) is 3.42. The van der Waals surface area contributed by atoms with E-state index in [1.54, 1.807) is 36.4 Å². The Labute approximate surface area is 190 Å². The fraction of sp³-hybridized carbons (Fsp3) is 0.143. The van der Waals surface area contributed by atoms with Crippen molar-refractivity contribution in [2.75, 3.05) is 30.0 Å². The van der Waals surface area contributed by atoms with Crippen molar-refractivity contribution in [1.29, 1.82) is 0 Å². The molecule has 7 nitrogen and oxygen atoms in total. The van der Waals surface area contributed by atoms with E-state index in [2.05, 4.69) is 10.3 Å². The number of pyridine rings is 1. The van der Waals surface area contributed by atoms with E-state index in [4.69, 9.17) is 16.3 Å². The van der Waals surface area contributed by atoms with Crippen LogP contribution >= 0.6 is 23.4 Å². The Morgan fingerprint density at radius 2 is 1.84 bits per heavy atom. The molecule has 3 rings (SSSR count). The Morgan fingerprint density at radius 1 is 1.13 bits per heavy atom. The SMILES string of the molecule is COc1ccc(N(C)S(=O)(=O)c2ccc(Cl)c(C(=O)Nc3ccc(SC)nc3)c2)cc1. The molecule has 0 aliphatic carbocycles. The van der Waals surface area contributed by atoms with Crippen molar-refractivity contribution in [3.05, 3.63) is 71.4 Å². The summed E-state index contributed by atoms with van der Waals surface area (Å²) in [4.78, 5) is 16.9. The number of aromatic nitrogens is 1. The molecule has 0 spiro atoms. The van der Waals surface area contributed by atoms with E-state index in [0.29, 0.717) is 17.1 Å². The van der Waals surface area contributed by atoms with Crippen LogP contribution in [0, 0.1) is 0 Å². The molecule has 0 unspecified atom stereocenters. The van der Waals surface area contributed by atoms with Gasteiger partial charge in [-0.3, -0.25) is 9.10 Å². The molecule has 0 saturated heterocycles. The maximum absolute atomic E-state index is 13.1. The van der Waals surface area contributed by atoms with E-state index in [0.717, 1.165) is 9.33 Å². The number of hydrogen-bond donors (Lipinski definition) is 1. The van der Waals surface area contributed by atoms with Crippen LogP contribution < -0.4 is 14.4 Å². The molecule has 0 aliphatic heterocycles. The number of methoxy groups -OCH3 is 1. The van der Waals surface area contributed by atoms with Gasteiger partial charge in [0.05, 0.1) is 45.2 Å². The minimum Gasteiger partial charge on any atom is -0.497 e. The highest BCUT2D eigenvalue weighted by Crippen LogP contribution is 2.27. The van der Waals surface area contributed by atoms with Gasteiger partial charge in [-0.15, -0.1) is 11.8 Å². The van der Waals surface area contributed by atoms with Gasteiger partial charge in [-0.2, -0.15) is 0 Å². The number of amides is 1. The largest absolute Gasteiger partial charge is 0.497 e. The van der Waals surface area contributed by atoms with Crippen molar-refractivity contribution < 1.29 is 17.9 Å². The van der Waals surface area contributed by atoms with Crippen LogP contribution in [-0.2, 0) is 10.0 Å². The molecule has 10 heteroatoms. The van der Waals surface area contributed by atoms with Gasteiger partial charge in [-0.05, 0) is 60.9 Å². The highest BCUT2D eigenvalue weighted by molar-refractivity contribution is 7.98. The third-order valence-corrected chi connectivity index (χ3v) is 7.25. The highest BCUT2D eigenvalue weighted by Gasteiger charge is 2.24. The van der Waals surface area contributed by atoms with Gasteiger partial charge in [0.15, 0.2) is 0 Å². The van der Waals surface area contributed by atoms with Crippen LogP contribution in [0.3, 0.4) is 0 Å². The van der Waals surface area contributed by atoms with Gasteiger partial charge < -0.3 is 10.1 Å². The molecule has 0 saturated carbocycles. The maximum atomic E-state index is 13.1. The van der Waals surface area contributed by atoms with Crippen molar-refractivity contribution in [1.82, 2.24) is 4.98 Å². The monoisotopic (exact) mass is 477 g/mol. The summed E-state index contributed by atoms with van der Waals surface area (Å²) in [5, 5.41) is 3.63. The summed E-state index contributed by atoms with van der Waals surface area (Å²) < 4.78 is 32.5. The topological polar surface area (TPSA) is 88.6 Å². The van der Waals surface area contributed by atoms with Crippen molar-refractivity contribution in [3.63, 3.8) is 0 Å². The number of anilines is 2. The first kappa shape index (κ1) is 22.9. The first-order valence-corrected chi connectivity index (χ1v) is 12.0. The van der Waals surface area contributed by atoms with E-state index in [1.807, 2.05) is 6.26 Å². The zero-order valence-electron chi connectivity index (χ0n) is 17.0. The van der Waals surface area contributed by atoms with E-state index in [1.165, 1.54) is 50.3 Å². The minimum absolute atomic E-state index is 0.0415. The van der Waals surface area contributed by atoms with Crippen molar-refractivity contribution in [2.24, 2.45) is 0 Å². The van der Waals surface area contributed by atoms with Gasteiger partial charge in [-0.25, -0.2) is 13.4 Å². The number of nitrogens with one attached hydrogen (secondary N) is 1. The van der Waals surface area contributed by atoms with Crippen molar-refractivity contribution >= 4 is 50.7 Å². The third-order valence-electron chi connectivity index (χ3n) is 4.48. The highest BCUT2D eigenvalue weighted by atomic mass is 35.5. The average molecular weight is 478 g/mol. The molecule has 3 aromatic rings. The molecule has 0 bridgehead atoms. The molecular formula is C21H20ClN3O4S2. The molecule has 31 heavy (non-hydrogen) atoms. The van der Waals surface area contributed by atoms with E-state index < -0.39 is 15.9 Å². The molecule has 162 valence electrons. The number of benzene rings is 2. The van der Waals surface area contributed by atoms with Crippen molar-refractivity contribution in [3.8, 4) is 5.75 Å². The zero-order chi connectivity index (χ0) is 22.6. The fourth-order valence-electron chi connectivity index (χ4n) is 2.70. The van der Waals surface area contributed by atoms with Gasteiger partial charge >= 0.3 is 0 Å². The maximum Gasteiger partial charge on any atom is 0.264 e. The second-order valence-electron chi connectivity index (χ2n) is 6.36. The van der Waals surface area contributed by atoms with Crippen LogP contribution in [-0.4, -0.2) is 39.7 Å². The lowest BCUT2D eigenvalue weighted by molar-refractivity contribution is 0.102. The lowest BCUT2D eigenvalue weighted by Gasteiger charge is -2.20. The molecule has 0 aliphatic rings. The molecule has 2 aromatic carbocycles. The van der Waals surface area contributed by atoms with Crippen LogP contribution in [0.15, 0.2) is 70.7 Å². The Hall–Kier alpha value is -2.75. The van der Waals surface area contributed by atoms with Crippen LogP contribution in [0.2, 0.25) is 5.02 Å². The zero-order valence-corrected chi connectivity index (χ0v) is 19.4. The van der Waals surface area contributed by atoms with Crippen molar-refractivity contribution in [2.45, 2.75) is 9.92 Å². The number of halogens is 1. The molecule has 1 heterocycles. The van der Waals surface area contributed by atoms with Gasteiger partial charge in [0.1, 0.15) is 5.75 Å². The van der Waals surface area contributed by atoms with Crippen LogP contribution in [0.5, 0.6) is 5.75 Å². The Morgan fingerprint density at radius 3 is 2.42 bits per heavy atom. The number of rotatable bonds is 7. The molecule has 0 atom stereocenters. The second kappa shape index (κ2) is 9.59. The summed E-state index contributed by atoms with van der Waals surface area (Å²) in [5.74, 6) is 0.0768. The normalized spacial score (nSPS) is 11.1. The number of carbonyl (C=O) groups excluding carboxylic acids is 1. The lowest BCUT2D eigenvalue weighted by atomic mass is 10.2. The van der Waals surface area contributed by atoms with E-state index >= 15 is 0 Å². The smallest absolute Gasteiger partial charge is 0.264 e. The lowest BCUT2D eigenvalue weighted by Crippen LogP contribution is -2.27. The standard InChI is InChI=1S/C21H20ClN3O4S2/c1-25(15-5-7-16(29-2)8-6-15)31(27,28)17-9-10-19(22)18(12-17)21(26)24-14-4-11-20(30-3)23-13-14/h4-13H,1-3H3,(H,24,26). The summed E-state index contributed by atoms with van der Waals surface area (Å²) >= 11 is 7.66. The molecule has 0 radical (unpaired) electrons. The Bertz CT molecular complexity index is 1180. The van der Waals surface area contributed by atoms with Gasteiger partial charge in [-0.1, -0.05) is 11.6 Å². The first-order chi connectivity index (χ1) is 14.8. The quantitative estimate of drug-likeness (QED) is 0.502. The minimum atomic E-state index is -3.93. The molecule has 1 amide bonds. The fourth-order valence-corrected chi connectivity index (χ4v) is 4.49. The average Bonchev–Trinajstić information content (AvgIpc) is 2.79. The number of carbonyl (C=O) groups is 1. The molecule has 1 N–H and O–H groups in total. The number of nitrogens with zero attached hydrogens (tertiary/aromatic N) is 2. The summed E-state index contributed by atoms with van der Waals surface area (Å²) in [7, 11) is -0.962. The van der Waals surface area contributed by atoms with Gasteiger partial charge in [0.2, 0.25) is 0 Å². The number of hydrogen-bond acceptors (Lipinski definition) is 6. The van der Waals surface area contributed by atoms with Crippen LogP contribution in [0.4, 0.5) is 11.4 Å². The molecular weight excluding hydrogens is 458 g/mol. The summed E-state index contributed by atoms with van der Waals surface area (Å²) in [6, 6.07) is 14.1. The Kier molecular flexibility index (Phi) is 7.09. The molecule has 0 fully saturated rings. The van der Waals surface area contributed by atoms with Gasteiger partial charge in [0.25, 0.3) is 15.9 Å². The number of sulfonamides is 1. The summed E-state index contributed by atoms with van der Waals surface area (Å²) in [5.41, 5.74) is 0.962. The second-order valence-corrected chi connectivity index (χ2v) is 9.56. The third kappa shape index (κ3) is 5.12. The van der Waals surface area contributed by atoms with Crippen LogP contribution in [0.25, 0.3) is 0 Å². The van der Waals surface area contributed by atoms with Crippen LogP contribution in [0.1, 0.15) is 10.4 Å². The van der Waals surface area contributed by atoms with E-state index in [9.17, 15) is 13.2 Å².